The van der Waals surface area contributed by atoms with E-state index in [2.05, 4.69) is 22.5 Å². The number of aliphatic hydroxyl groups is 2. The third-order valence-corrected chi connectivity index (χ3v) is 9.66. The van der Waals surface area contributed by atoms with Crippen LogP contribution in [0.1, 0.15) is 65.7 Å². The third-order valence-electron chi connectivity index (χ3n) is 9.66. The van der Waals surface area contributed by atoms with E-state index in [0.29, 0.717) is 13.0 Å². The zero-order chi connectivity index (χ0) is 36.3. The van der Waals surface area contributed by atoms with Gasteiger partial charge in [0.25, 0.3) is 0 Å². The minimum atomic E-state index is -0.827. The molecule has 1 fully saturated rings. The van der Waals surface area contributed by atoms with Crippen LogP contribution < -0.4 is 10.6 Å². The number of urea groups is 1. The normalized spacial score (nSPS) is 20.6. The van der Waals surface area contributed by atoms with Crippen LogP contribution in [0.2, 0.25) is 0 Å². The molecule has 0 aliphatic carbocycles. The molecule has 0 spiro atoms. The Balaban J connectivity index is 1.26. The summed E-state index contributed by atoms with van der Waals surface area (Å²) < 4.78 is 18.2. The first-order valence-electron chi connectivity index (χ1n) is 17.4. The third kappa shape index (κ3) is 10.0. The van der Waals surface area contributed by atoms with E-state index in [1.54, 1.807) is 0 Å². The number of hydrogen-bond acceptors (Lipinski definition) is 8. The average Bonchev–Trinajstić information content (AvgIpc) is 3.17. The maximum absolute atomic E-state index is 12.8. The van der Waals surface area contributed by atoms with Gasteiger partial charge in [-0.25, -0.2) is 9.59 Å². The molecule has 0 bridgehead atoms. The van der Waals surface area contributed by atoms with E-state index in [1.165, 1.54) is 7.11 Å². The predicted molar refractivity (Wildman–Crippen MR) is 194 cm³/mol. The summed E-state index contributed by atoms with van der Waals surface area (Å²) >= 11 is 0. The molecule has 10 heteroatoms. The Bertz CT molecular complexity index is 1670. The fraction of sp³-hybridized carbons (Fsp3) is 0.366. The van der Waals surface area contributed by atoms with Gasteiger partial charge in [0.05, 0.1) is 32.0 Å². The number of aliphatic hydroxyl groups excluding tert-OH is 2. The van der Waals surface area contributed by atoms with E-state index in [1.807, 2.05) is 123 Å². The van der Waals surface area contributed by atoms with Crippen LogP contribution in [0.4, 0.5) is 4.79 Å². The number of nitrogens with one attached hydrogen (secondary N) is 2. The summed E-state index contributed by atoms with van der Waals surface area (Å²) in [7, 11) is 3.30. The first-order chi connectivity index (χ1) is 24.7. The molecule has 0 saturated carbocycles. The Kier molecular flexibility index (Phi) is 13.3. The van der Waals surface area contributed by atoms with E-state index < -0.39 is 30.4 Å². The second-order valence-corrected chi connectivity index (χ2v) is 13.2. The number of carbonyl (C=O) groups excluding carboxylic acids is 2. The molecule has 1 aliphatic rings. The van der Waals surface area contributed by atoms with Crippen molar-refractivity contribution < 1.29 is 34.0 Å². The number of rotatable bonds is 14. The van der Waals surface area contributed by atoms with Crippen molar-refractivity contribution in [1.82, 2.24) is 15.5 Å². The lowest BCUT2D eigenvalue weighted by Gasteiger charge is -2.43. The van der Waals surface area contributed by atoms with Crippen molar-refractivity contribution in [1.29, 1.82) is 0 Å². The van der Waals surface area contributed by atoms with Crippen LogP contribution in [-0.2, 0) is 38.6 Å². The molecule has 1 aliphatic heterocycles. The van der Waals surface area contributed by atoms with Crippen molar-refractivity contribution in [2.24, 2.45) is 5.92 Å². The molecule has 0 aromatic heterocycles. The highest BCUT2D eigenvalue weighted by Gasteiger charge is 2.39. The molecular weight excluding hydrogens is 646 g/mol. The summed E-state index contributed by atoms with van der Waals surface area (Å²) in [6.45, 7) is 4.89. The smallest absolute Gasteiger partial charge is 0.328 e. The highest BCUT2D eigenvalue weighted by molar-refractivity contribution is 5.83. The van der Waals surface area contributed by atoms with E-state index in [-0.39, 0.29) is 37.3 Å². The van der Waals surface area contributed by atoms with Crippen molar-refractivity contribution >= 4 is 12.0 Å². The summed E-state index contributed by atoms with van der Waals surface area (Å²) in [5.41, 5.74) is 5.26. The van der Waals surface area contributed by atoms with Crippen molar-refractivity contribution in [3.05, 3.63) is 143 Å². The van der Waals surface area contributed by atoms with Gasteiger partial charge in [0.15, 0.2) is 6.29 Å². The number of ether oxygens (including phenoxy) is 3. The minimum absolute atomic E-state index is 0.0255. The molecule has 2 amide bonds. The van der Waals surface area contributed by atoms with Crippen LogP contribution in [-0.4, -0.2) is 66.0 Å². The van der Waals surface area contributed by atoms with Crippen molar-refractivity contribution in [2.75, 3.05) is 20.7 Å². The van der Waals surface area contributed by atoms with E-state index in [9.17, 15) is 19.8 Å². The van der Waals surface area contributed by atoms with Gasteiger partial charge in [-0.2, -0.15) is 0 Å². The number of likely N-dealkylation sites (N-methyl/N-ethyl adjacent to an activating group) is 1. The maximum Gasteiger partial charge on any atom is 0.328 e. The second-order valence-electron chi connectivity index (χ2n) is 13.2. The molecule has 10 nitrogen and oxygen atoms in total. The van der Waals surface area contributed by atoms with Gasteiger partial charge in [-0.3, -0.25) is 4.90 Å². The first kappa shape index (κ1) is 37.7. The SMILES string of the molecule is COC(=O)[C@H](Cc1ccccc1)NC(=O)NCc1ccc([C@@H]2O[C@H](CN(C)[C@@H](C)[C@H](O)c3ccccc3)[C@H](C)[C@H](c3ccc(CO)cc3)O2)cc1. The monoisotopic (exact) mass is 695 g/mol. The van der Waals surface area contributed by atoms with Gasteiger partial charge >= 0.3 is 12.0 Å². The fourth-order valence-electron chi connectivity index (χ4n) is 6.32. The van der Waals surface area contributed by atoms with Crippen LogP contribution in [0.5, 0.6) is 0 Å². The van der Waals surface area contributed by atoms with Gasteiger partial charge in [-0.15, -0.1) is 0 Å². The van der Waals surface area contributed by atoms with Gasteiger partial charge in [-0.05, 0) is 41.8 Å². The Morgan fingerprint density at radius 1 is 0.843 bits per heavy atom. The summed E-state index contributed by atoms with van der Waals surface area (Å²) in [5, 5.41) is 26.3. The maximum atomic E-state index is 12.8. The van der Waals surface area contributed by atoms with E-state index in [0.717, 1.165) is 33.4 Å². The number of nitrogens with zero attached hydrogens (tertiary/aromatic N) is 1. The average molecular weight is 696 g/mol. The highest BCUT2D eigenvalue weighted by atomic mass is 16.7. The Hall–Kier alpha value is -4.58. The Morgan fingerprint density at radius 3 is 2.08 bits per heavy atom. The summed E-state index contributed by atoms with van der Waals surface area (Å²) in [5.74, 6) is -0.545. The molecule has 1 saturated heterocycles. The van der Waals surface area contributed by atoms with Crippen molar-refractivity contribution in [3.8, 4) is 0 Å². The zero-order valence-corrected chi connectivity index (χ0v) is 29.6. The standard InChI is InChI=1S/C41H49N3O7/c1-27-36(25-44(3)28(2)37(46)32-13-9-6-10-14-32)50-40(51-38(27)33-19-17-31(26-45)18-20-33)34-21-15-30(16-22-34)24-42-41(48)43-35(39(47)49-4)23-29-11-7-5-8-12-29/h5-22,27-28,35-38,40,45-46H,23-26H2,1-4H3,(H2,42,43,48)/t27-,28-,35-,36+,37-,38+,40+/m0/s1. The minimum Gasteiger partial charge on any atom is -0.467 e. The highest BCUT2D eigenvalue weighted by Crippen LogP contribution is 2.42. The molecule has 5 rings (SSSR count). The van der Waals surface area contributed by atoms with E-state index in [4.69, 9.17) is 14.2 Å². The van der Waals surface area contributed by atoms with E-state index >= 15 is 0 Å². The number of methoxy groups -OCH3 is 1. The van der Waals surface area contributed by atoms with Crippen LogP contribution in [0, 0.1) is 5.92 Å². The molecule has 4 N–H and O–H groups in total. The van der Waals surface area contributed by atoms with Crippen molar-refractivity contribution in [3.63, 3.8) is 0 Å². The molecular formula is C41H49N3O7. The number of esters is 1. The topological polar surface area (TPSA) is 130 Å². The molecule has 7 atom stereocenters. The molecule has 4 aromatic carbocycles. The lowest BCUT2D eigenvalue weighted by molar-refractivity contribution is -0.276. The number of amides is 2. The summed E-state index contributed by atoms with van der Waals surface area (Å²) in [6, 6.07) is 33.1. The lowest BCUT2D eigenvalue weighted by atomic mass is 9.89. The van der Waals surface area contributed by atoms with Gasteiger partial charge in [0.1, 0.15) is 6.04 Å². The lowest BCUT2D eigenvalue weighted by Crippen LogP contribution is -2.47. The van der Waals surface area contributed by atoms with Crippen LogP contribution in [0.3, 0.4) is 0 Å². The summed E-state index contributed by atoms with van der Waals surface area (Å²) in [4.78, 5) is 27.3. The van der Waals surface area contributed by atoms with Gasteiger partial charge in [0.2, 0.25) is 0 Å². The number of carbonyl (C=O) groups is 2. The Morgan fingerprint density at radius 2 is 1.45 bits per heavy atom. The van der Waals surface area contributed by atoms with Gasteiger partial charge in [0, 0.05) is 37.0 Å². The van der Waals surface area contributed by atoms with Crippen LogP contribution in [0.25, 0.3) is 0 Å². The van der Waals surface area contributed by atoms with Crippen LogP contribution in [0.15, 0.2) is 109 Å². The van der Waals surface area contributed by atoms with Gasteiger partial charge < -0.3 is 35.1 Å². The second kappa shape index (κ2) is 18.1. The first-order valence-corrected chi connectivity index (χ1v) is 17.4. The Labute approximate surface area is 300 Å². The molecule has 270 valence electrons. The fourth-order valence-corrected chi connectivity index (χ4v) is 6.32. The zero-order valence-electron chi connectivity index (χ0n) is 29.6. The molecule has 4 aromatic rings. The molecule has 51 heavy (non-hydrogen) atoms. The quantitative estimate of drug-likeness (QED) is 0.125. The van der Waals surface area contributed by atoms with Gasteiger partial charge in [-0.1, -0.05) is 116 Å². The molecule has 0 radical (unpaired) electrons. The summed E-state index contributed by atoms with van der Waals surface area (Å²) in [6.07, 6.45) is -1.53. The number of benzene rings is 4. The molecule has 0 unspecified atom stereocenters. The van der Waals surface area contributed by atoms with Crippen molar-refractivity contribution in [2.45, 2.75) is 70.1 Å². The predicted octanol–water partition coefficient (Wildman–Crippen LogP) is 5.61. The largest absolute Gasteiger partial charge is 0.467 e. The molecule has 1 heterocycles. The number of hydrogen-bond donors (Lipinski definition) is 4. The van der Waals surface area contributed by atoms with Crippen LogP contribution >= 0.6 is 0 Å².